The molecule has 768 valence electrons. The number of aliphatic hydroxyl groups is 5. The molecule has 3 aromatic rings. The van der Waals surface area contributed by atoms with E-state index in [1.54, 1.807) is 65.0 Å². The van der Waals surface area contributed by atoms with Crippen molar-refractivity contribution in [2.45, 2.75) is 332 Å². The molecule has 2 bridgehead atoms. The standard InChI is InChI=1S/C103H139IN6O27S3/c1-57-47-81(129-56-68(57)48-58(2)111)135-93-88(120)86(109-137-82-53-76(115)94(64(8)131-82)139-97(124)83-60(4)85(104)91(61(5)90(83)127-14)136-98-89(121)92(128-15)87(119)63(7)133-98)62(6)132-99(93)134-78-33-22-16-17-25-41-103(126)54-77(116)71(49-59(3)112)84(78)72(103)40-46-138-140-102(12,13)42-39-70(113)32-28-44-106-100(125)130-55-66-35-37-69(38-36-66)107-95(122)67(31-24-26-43-105)51-75(114)74(50-65-29-20-18-21-30-65)108-79(117)34-23-19-27-45-110-80(118)52-73(96(110)123)101(9,10)11/h16-18,20-21,29-30,35-38,40,57,62-64,67-68,73-74,76,78,81-82,86-89,92-94,98-99,109,115,119-121,126H,19,23-24,26-28,31-32,34,39,42-56,105H2,1-15H3,(H,106,125)(H,107,122)(H,108,117)/b17-16-,72-40-/t57?,62?,63?,64?,67-,68?,73?,74+,76?,78+,81?,82?,86?,87?,88?,89?,92?,93?,94?,98?,99?,103+/m1/s1. The molecule has 37 heteroatoms. The van der Waals surface area contributed by atoms with Crippen molar-refractivity contribution in [1.82, 2.24) is 21.0 Å². The fraction of sp³-hybridized carbons (Fsp3) is 0.621. The van der Waals surface area contributed by atoms with Gasteiger partial charge in [-0.1, -0.05) is 146 Å². The molecule has 5 fully saturated rings. The Bertz CT molecular complexity index is 5080. The van der Waals surface area contributed by atoms with Gasteiger partial charge >= 0.3 is 6.09 Å². The van der Waals surface area contributed by atoms with Gasteiger partial charge < -0.3 is 99.4 Å². The lowest BCUT2D eigenvalue weighted by Crippen LogP contribution is -2.64. The van der Waals surface area contributed by atoms with Gasteiger partial charge in [-0.25, -0.2) is 4.79 Å². The van der Waals surface area contributed by atoms with E-state index in [1.165, 1.54) is 66.7 Å². The van der Waals surface area contributed by atoms with Gasteiger partial charge in [-0.15, -0.1) is 0 Å². The summed E-state index contributed by atoms with van der Waals surface area (Å²) in [6, 6.07) is 14.0. The number of likely N-dealkylation sites (tertiary alicyclic amines) is 1. The number of fused-ring (bicyclic) bond motifs is 2. The summed E-state index contributed by atoms with van der Waals surface area (Å²) in [7, 11) is 5.67. The fourth-order valence-corrected chi connectivity index (χ4v) is 22.5. The van der Waals surface area contributed by atoms with Crippen molar-refractivity contribution >= 4 is 125 Å². The van der Waals surface area contributed by atoms with Crippen LogP contribution in [0.1, 0.15) is 224 Å². The van der Waals surface area contributed by atoms with Crippen molar-refractivity contribution in [2.24, 2.45) is 34.8 Å². The highest BCUT2D eigenvalue weighted by molar-refractivity contribution is 14.1. The minimum Gasteiger partial charge on any atom is -0.496 e. The number of anilines is 1. The molecule has 5 heterocycles. The van der Waals surface area contributed by atoms with Crippen LogP contribution in [-0.2, 0) is 98.9 Å². The number of ether oxygens (including phenoxy) is 10. The Morgan fingerprint density at radius 3 is 2.16 bits per heavy atom. The van der Waals surface area contributed by atoms with E-state index >= 15 is 0 Å². The third-order valence-corrected chi connectivity index (χ3v) is 32.2. The zero-order chi connectivity index (χ0) is 102. The predicted octanol–water partition coefficient (Wildman–Crippen LogP) is 11.3. The Kier molecular flexibility index (Phi) is 43.4. The summed E-state index contributed by atoms with van der Waals surface area (Å²) in [5.41, 5.74) is 9.54. The molecule has 0 spiro atoms. The number of hydrogen-bond donors (Lipinski definition) is 10. The lowest BCUT2D eigenvalue weighted by Gasteiger charge is -2.46. The first kappa shape index (κ1) is 114. The fourth-order valence-electron chi connectivity index (χ4n) is 18.2. The van der Waals surface area contributed by atoms with Crippen LogP contribution in [0.15, 0.2) is 89.5 Å². The van der Waals surface area contributed by atoms with Crippen LogP contribution in [0, 0.1) is 70.2 Å². The van der Waals surface area contributed by atoms with E-state index in [2.05, 4.69) is 45.1 Å². The van der Waals surface area contributed by atoms with Crippen molar-refractivity contribution in [1.29, 1.82) is 0 Å². The number of hydrogen-bond acceptors (Lipinski definition) is 32. The summed E-state index contributed by atoms with van der Waals surface area (Å²) in [6.07, 6.45) is -8.59. The van der Waals surface area contributed by atoms with Gasteiger partial charge in [0.2, 0.25) is 35.0 Å². The first-order valence-electron chi connectivity index (χ1n) is 48.1. The van der Waals surface area contributed by atoms with E-state index in [4.69, 9.17) is 57.9 Å². The number of amides is 5. The normalized spacial score (nSPS) is 28.0. The maximum atomic E-state index is 14.6. The number of nitrogens with two attached hydrogens (primary N) is 1. The monoisotopic (exact) mass is 2110 g/mol. The van der Waals surface area contributed by atoms with Crippen LogP contribution < -0.4 is 36.6 Å². The summed E-state index contributed by atoms with van der Waals surface area (Å²) in [4.78, 5) is 156. The smallest absolute Gasteiger partial charge is 0.407 e. The number of methoxy groups -OCH3 is 2. The molecule has 0 radical (unpaired) electrons. The third kappa shape index (κ3) is 31.6. The number of halogens is 1. The lowest BCUT2D eigenvalue weighted by atomic mass is 9.72. The van der Waals surface area contributed by atoms with Crippen molar-refractivity contribution in [2.75, 3.05) is 51.5 Å². The number of carbonyl (C=O) groups excluding carboxylic acids is 11. The Balaban J connectivity index is 0.715. The molecule has 3 aromatic carbocycles. The van der Waals surface area contributed by atoms with Crippen LogP contribution in [0.5, 0.6) is 11.5 Å². The SMILES string of the molecule is COc1c(C)c(OC2OC(C)C(O)C(OC)C2O)c(I)c(C)c1C(=O)SC1C(O)CC(ONC2C(C)OC(O[C@H]3C#C/C=C\C#C[C@]4(O)CC(=O)C(CC(C)=O)=C3/C4=C/CSSC(C)(C)CCC(=O)CCCNC(=O)OCc3ccc(NC(=O)[C@H](CCCCN)CC(=O)[C@H](Cc4ccccc4)NC(=O)CCCCCN4C(=O)CC(C(C)(C)C)C4=O)cc3)C(OC3CC(C)C(CC(C)=O)CO3)C2O)OC1C. The maximum absolute atomic E-state index is 14.6. The number of aliphatic hydroxyl groups excluding tert-OH is 4. The van der Waals surface area contributed by atoms with Gasteiger partial charge in [0, 0.05) is 122 Å². The predicted molar refractivity (Wildman–Crippen MR) is 535 cm³/mol. The Morgan fingerprint density at radius 1 is 0.771 bits per heavy atom. The number of Topliss-reactive ketones (excluding diaryl/α,β-unsaturated/α-hetero) is 5. The zero-order valence-corrected chi connectivity index (χ0v) is 87.2. The Labute approximate surface area is 846 Å². The molecule has 33 nitrogen and oxygen atoms in total. The number of thioether (sulfide) groups is 1. The first-order chi connectivity index (χ1) is 66.4. The number of unbranched alkanes of at least 4 members (excludes halogenated alkanes) is 3. The van der Waals surface area contributed by atoms with E-state index in [0.29, 0.717) is 83.9 Å². The van der Waals surface area contributed by atoms with Crippen LogP contribution in [0.25, 0.3) is 0 Å². The minimum atomic E-state index is -2.14. The van der Waals surface area contributed by atoms with Gasteiger partial charge in [0.05, 0.1) is 76.9 Å². The van der Waals surface area contributed by atoms with Gasteiger partial charge in [0.15, 0.2) is 36.0 Å². The van der Waals surface area contributed by atoms with Gasteiger partial charge in [-0.2, -0.15) is 5.48 Å². The molecular formula is C103H139IN6O27S3. The van der Waals surface area contributed by atoms with Crippen molar-refractivity contribution in [3.05, 3.63) is 121 Å². The molecule has 11 N–H and O–H groups in total. The lowest BCUT2D eigenvalue weighted by molar-refractivity contribution is -0.335. The second kappa shape index (κ2) is 53.3. The number of hydroxylamine groups is 1. The first-order valence-corrected chi connectivity index (χ1v) is 52.4. The van der Waals surface area contributed by atoms with Crippen molar-refractivity contribution < 1.29 is 130 Å². The topological polar surface area (TPSA) is 468 Å². The number of allylic oxidation sites excluding steroid dienone is 3. The number of imide groups is 1. The van der Waals surface area contributed by atoms with Crippen LogP contribution >= 0.6 is 55.9 Å². The van der Waals surface area contributed by atoms with Crippen LogP contribution in [0.4, 0.5) is 10.5 Å². The van der Waals surface area contributed by atoms with E-state index < -0.39 is 143 Å². The molecule has 0 aromatic heterocycles. The Morgan fingerprint density at radius 2 is 1.49 bits per heavy atom. The molecule has 2 aliphatic carbocycles. The molecule has 5 amide bonds. The molecule has 140 heavy (non-hydrogen) atoms. The molecular weight excluding hydrogens is 1980 g/mol. The number of benzene rings is 3. The van der Waals surface area contributed by atoms with Crippen LogP contribution in [0.2, 0.25) is 0 Å². The van der Waals surface area contributed by atoms with Crippen LogP contribution in [-0.4, -0.2) is 254 Å². The number of alkyl carbamates (subject to hydrolysis) is 1. The second-order valence-corrected chi connectivity index (χ2v) is 44.2. The summed E-state index contributed by atoms with van der Waals surface area (Å²) in [5.74, 6) is 8.73. The molecule has 5 saturated heterocycles. The van der Waals surface area contributed by atoms with E-state index in [-0.39, 0.29) is 200 Å². The molecule has 0 saturated carbocycles. The third-order valence-electron chi connectivity index (χ3n) is 26.3. The number of nitrogens with one attached hydrogen (secondary N) is 4. The molecule has 18 unspecified atom stereocenters. The number of ketones is 5. The quantitative estimate of drug-likeness (QED) is 0.00627. The van der Waals surface area contributed by atoms with Gasteiger partial charge in [-0.3, -0.25) is 52.9 Å². The number of carbonyl (C=O) groups is 11. The average molecular weight is 2120 g/mol. The summed E-state index contributed by atoms with van der Waals surface area (Å²) in [5, 5.41) is 66.5. The zero-order valence-electron chi connectivity index (χ0n) is 82.6. The molecule has 10 rings (SSSR count). The van der Waals surface area contributed by atoms with Crippen molar-refractivity contribution in [3.63, 3.8) is 0 Å². The Hall–Kier alpha value is -7.85. The van der Waals surface area contributed by atoms with Crippen molar-refractivity contribution in [3.8, 4) is 35.2 Å². The summed E-state index contributed by atoms with van der Waals surface area (Å²) in [6.45, 7) is 23.9. The van der Waals surface area contributed by atoms with Gasteiger partial charge in [-0.05, 0) is 195 Å². The maximum Gasteiger partial charge on any atom is 0.407 e. The minimum absolute atomic E-state index is 0.0147. The average Bonchev–Trinajstić information content (AvgIpc) is 0.918. The number of rotatable bonds is 48. The summed E-state index contributed by atoms with van der Waals surface area (Å²) < 4.78 is 61.9. The van der Waals surface area contributed by atoms with Gasteiger partial charge in [0.25, 0.3) is 0 Å². The van der Waals surface area contributed by atoms with E-state index in [0.717, 1.165) is 17.3 Å². The van der Waals surface area contributed by atoms with E-state index in [1.807, 2.05) is 94.5 Å². The van der Waals surface area contributed by atoms with Gasteiger partial charge in [0.1, 0.15) is 72.1 Å². The van der Waals surface area contributed by atoms with Crippen LogP contribution in [0.3, 0.4) is 0 Å². The highest BCUT2D eigenvalue weighted by atomic mass is 127. The highest BCUT2D eigenvalue weighted by Gasteiger charge is 2.53. The molecule has 22 atom stereocenters. The summed E-state index contributed by atoms with van der Waals surface area (Å²) >= 11 is 2.90. The highest BCUT2D eigenvalue weighted by Crippen LogP contribution is 2.48. The number of nitrogens with zero attached hydrogens (tertiary/aromatic N) is 1. The largest absolute Gasteiger partial charge is 0.496 e. The second-order valence-electron chi connectivity index (χ2n) is 39.0. The molecule has 5 aliphatic heterocycles. The van der Waals surface area contributed by atoms with E-state index in [9.17, 15) is 78.3 Å². The molecule has 7 aliphatic rings.